The summed E-state index contributed by atoms with van der Waals surface area (Å²) in [5.41, 5.74) is 2.32. The molecule has 3 rings (SSSR count). The van der Waals surface area contributed by atoms with Crippen LogP contribution in [0.2, 0.25) is 0 Å². The Labute approximate surface area is 160 Å². The van der Waals surface area contributed by atoms with E-state index in [0.29, 0.717) is 23.6 Å². The van der Waals surface area contributed by atoms with Gasteiger partial charge in [-0.1, -0.05) is 6.07 Å². The molecule has 0 unspecified atom stereocenters. The summed E-state index contributed by atoms with van der Waals surface area (Å²) < 4.78 is 0. The Morgan fingerprint density at radius 3 is 2.78 bits per heavy atom. The highest BCUT2D eigenvalue weighted by Gasteiger charge is 2.22. The highest BCUT2D eigenvalue weighted by Crippen LogP contribution is 2.24. The first-order valence-electron chi connectivity index (χ1n) is 9.24. The molecule has 1 aliphatic rings. The number of carbonyl (C=O) groups is 1. The largest absolute Gasteiger partial charge is 0.378 e. The molecule has 0 saturated carbocycles. The Balaban J connectivity index is 1.52. The number of aromatic nitrogens is 1. The lowest BCUT2D eigenvalue weighted by molar-refractivity contribution is 0.0945. The van der Waals surface area contributed by atoms with E-state index in [1.807, 2.05) is 43.3 Å². The number of piperidine rings is 1. The molecule has 1 amide bonds. The third-order valence-electron chi connectivity index (χ3n) is 5.00. The van der Waals surface area contributed by atoms with Gasteiger partial charge in [0.1, 0.15) is 11.9 Å². The molecule has 0 bridgehead atoms. The molecule has 1 aliphatic heterocycles. The van der Waals surface area contributed by atoms with E-state index in [-0.39, 0.29) is 5.91 Å². The lowest BCUT2D eigenvalue weighted by Gasteiger charge is -2.33. The van der Waals surface area contributed by atoms with Crippen LogP contribution in [0.15, 0.2) is 42.6 Å². The maximum absolute atomic E-state index is 12.4. The number of hydrogen-bond acceptors (Lipinski definition) is 5. The summed E-state index contributed by atoms with van der Waals surface area (Å²) >= 11 is 0. The van der Waals surface area contributed by atoms with Crippen LogP contribution in [-0.4, -0.2) is 44.6 Å². The molecule has 1 fully saturated rings. The number of pyridine rings is 1. The van der Waals surface area contributed by atoms with Gasteiger partial charge in [0.2, 0.25) is 0 Å². The molecule has 1 N–H and O–H groups in total. The molecule has 27 heavy (non-hydrogen) atoms. The number of anilines is 2. The monoisotopic (exact) mass is 363 g/mol. The van der Waals surface area contributed by atoms with Crippen LogP contribution in [0.1, 0.15) is 28.8 Å². The van der Waals surface area contributed by atoms with Crippen LogP contribution < -0.4 is 15.1 Å². The minimum Gasteiger partial charge on any atom is -0.378 e. The van der Waals surface area contributed by atoms with Crippen LogP contribution in [0.3, 0.4) is 0 Å². The second kappa shape index (κ2) is 8.54. The molecule has 6 nitrogen and oxygen atoms in total. The van der Waals surface area contributed by atoms with Crippen molar-refractivity contribution in [1.82, 2.24) is 10.3 Å². The highest BCUT2D eigenvalue weighted by atomic mass is 16.1. The van der Waals surface area contributed by atoms with Gasteiger partial charge in [0.25, 0.3) is 5.91 Å². The van der Waals surface area contributed by atoms with E-state index in [9.17, 15) is 10.1 Å². The third-order valence-corrected chi connectivity index (χ3v) is 5.00. The van der Waals surface area contributed by atoms with Crippen LogP contribution in [0.25, 0.3) is 0 Å². The summed E-state index contributed by atoms with van der Waals surface area (Å²) in [7, 11) is 3.92. The van der Waals surface area contributed by atoms with Crippen molar-refractivity contribution >= 4 is 17.4 Å². The number of carbonyl (C=O) groups excluding carboxylic acids is 1. The molecule has 140 valence electrons. The van der Waals surface area contributed by atoms with Gasteiger partial charge in [-0.3, -0.25) is 4.79 Å². The number of hydrogen-bond donors (Lipinski definition) is 1. The molecule has 1 saturated heterocycles. The Morgan fingerprint density at radius 2 is 2.07 bits per heavy atom. The van der Waals surface area contributed by atoms with Gasteiger partial charge in [0, 0.05) is 51.2 Å². The minimum atomic E-state index is -0.0300. The molecule has 0 atom stereocenters. The maximum atomic E-state index is 12.4. The minimum absolute atomic E-state index is 0.0300. The summed E-state index contributed by atoms with van der Waals surface area (Å²) in [6, 6.07) is 13.4. The fraction of sp³-hybridized carbons (Fsp3) is 0.381. The quantitative estimate of drug-likeness (QED) is 0.884. The van der Waals surface area contributed by atoms with Crippen molar-refractivity contribution in [1.29, 1.82) is 5.26 Å². The molecule has 1 aromatic heterocycles. The van der Waals surface area contributed by atoms with Crippen LogP contribution in [0, 0.1) is 17.2 Å². The fourth-order valence-electron chi connectivity index (χ4n) is 3.35. The fourth-order valence-corrected chi connectivity index (χ4v) is 3.35. The van der Waals surface area contributed by atoms with Crippen LogP contribution >= 0.6 is 0 Å². The predicted octanol–water partition coefficient (Wildman–Crippen LogP) is 2.67. The zero-order chi connectivity index (χ0) is 19.2. The number of amides is 1. The van der Waals surface area contributed by atoms with E-state index >= 15 is 0 Å². The normalized spacial score (nSPS) is 14.5. The Hall–Kier alpha value is -3.07. The first-order chi connectivity index (χ1) is 13.1. The Bertz CT molecular complexity index is 834. The second-order valence-electron chi connectivity index (χ2n) is 7.07. The number of nitriles is 1. The van der Waals surface area contributed by atoms with Gasteiger partial charge < -0.3 is 15.1 Å². The summed E-state index contributed by atoms with van der Waals surface area (Å²) in [6.45, 7) is 2.37. The molecule has 6 heteroatoms. The van der Waals surface area contributed by atoms with Crippen LogP contribution in [0.4, 0.5) is 11.5 Å². The smallest absolute Gasteiger partial charge is 0.251 e. The number of nitrogens with zero attached hydrogens (tertiary/aromatic N) is 4. The average Bonchev–Trinajstić information content (AvgIpc) is 2.72. The predicted molar refractivity (Wildman–Crippen MR) is 107 cm³/mol. The van der Waals surface area contributed by atoms with Crippen molar-refractivity contribution in [2.45, 2.75) is 12.8 Å². The summed E-state index contributed by atoms with van der Waals surface area (Å²) in [6.07, 6.45) is 3.67. The SMILES string of the molecule is CN(C)c1cccc(C(=O)NCC2CCN(c3ncccc3C#N)CC2)c1. The molecular formula is C21H25N5O. The molecule has 2 aromatic rings. The van der Waals surface area contributed by atoms with Gasteiger partial charge in [-0.15, -0.1) is 0 Å². The summed E-state index contributed by atoms with van der Waals surface area (Å²) in [5, 5.41) is 12.3. The van der Waals surface area contributed by atoms with Gasteiger partial charge in [-0.25, -0.2) is 4.98 Å². The first kappa shape index (κ1) is 18.7. The Kier molecular flexibility index (Phi) is 5.92. The number of nitrogens with one attached hydrogen (secondary N) is 1. The highest BCUT2D eigenvalue weighted by molar-refractivity contribution is 5.95. The Morgan fingerprint density at radius 1 is 1.30 bits per heavy atom. The van der Waals surface area contributed by atoms with Crippen molar-refractivity contribution in [3.8, 4) is 6.07 Å². The molecule has 0 aliphatic carbocycles. The molecule has 1 aromatic carbocycles. The molecule has 2 heterocycles. The number of benzene rings is 1. The topological polar surface area (TPSA) is 72.3 Å². The van der Waals surface area contributed by atoms with E-state index in [1.165, 1.54) is 0 Å². The molecule has 0 spiro atoms. The van der Waals surface area contributed by atoms with Crippen molar-refractivity contribution in [2.24, 2.45) is 5.92 Å². The van der Waals surface area contributed by atoms with Gasteiger partial charge in [0.15, 0.2) is 0 Å². The van der Waals surface area contributed by atoms with Gasteiger partial charge in [0.05, 0.1) is 5.56 Å². The van der Waals surface area contributed by atoms with E-state index < -0.39 is 0 Å². The van der Waals surface area contributed by atoms with E-state index in [4.69, 9.17) is 0 Å². The van der Waals surface area contributed by atoms with E-state index in [0.717, 1.165) is 37.4 Å². The first-order valence-corrected chi connectivity index (χ1v) is 9.24. The standard InChI is InChI=1S/C21H25N5O/c1-25(2)19-7-3-5-17(13-19)21(27)24-15-16-8-11-26(12-9-16)20-18(14-22)6-4-10-23-20/h3-7,10,13,16H,8-9,11-12,15H2,1-2H3,(H,24,27). The second-order valence-corrected chi connectivity index (χ2v) is 7.07. The summed E-state index contributed by atoms with van der Waals surface area (Å²) in [4.78, 5) is 21.0. The molecule has 0 radical (unpaired) electrons. The summed E-state index contributed by atoms with van der Waals surface area (Å²) in [5.74, 6) is 1.18. The van der Waals surface area contributed by atoms with E-state index in [2.05, 4.69) is 21.3 Å². The van der Waals surface area contributed by atoms with Crippen LogP contribution in [0.5, 0.6) is 0 Å². The van der Waals surface area contributed by atoms with Crippen LogP contribution in [-0.2, 0) is 0 Å². The van der Waals surface area contributed by atoms with Gasteiger partial charge in [-0.05, 0) is 49.1 Å². The van der Waals surface area contributed by atoms with Crippen molar-refractivity contribution in [2.75, 3.05) is 43.5 Å². The van der Waals surface area contributed by atoms with Crippen molar-refractivity contribution in [3.05, 3.63) is 53.7 Å². The lowest BCUT2D eigenvalue weighted by atomic mass is 9.96. The van der Waals surface area contributed by atoms with E-state index in [1.54, 1.807) is 18.3 Å². The zero-order valence-corrected chi connectivity index (χ0v) is 15.9. The molecular weight excluding hydrogens is 338 g/mol. The average molecular weight is 363 g/mol. The zero-order valence-electron chi connectivity index (χ0n) is 15.9. The lowest BCUT2D eigenvalue weighted by Crippen LogP contribution is -2.39. The van der Waals surface area contributed by atoms with Gasteiger partial charge >= 0.3 is 0 Å². The third kappa shape index (κ3) is 4.56. The van der Waals surface area contributed by atoms with Crippen molar-refractivity contribution in [3.63, 3.8) is 0 Å². The number of rotatable bonds is 5. The van der Waals surface area contributed by atoms with Gasteiger partial charge in [-0.2, -0.15) is 5.26 Å². The maximum Gasteiger partial charge on any atom is 0.251 e. The van der Waals surface area contributed by atoms with Crippen molar-refractivity contribution < 1.29 is 4.79 Å².